The van der Waals surface area contributed by atoms with Crippen molar-refractivity contribution in [3.8, 4) is 0 Å². The summed E-state index contributed by atoms with van der Waals surface area (Å²) < 4.78 is 19.0. The number of fused-ring (bicyclic) bond motifs is 4. The molecule has 3 aliphatic rings. The van der Waals surface area contributed by atoms with Crippen LogP contribution in [0.4, 0.5) is 10.2 Å². The van der Waals surface area contributed by atoms with Crippen LogP contribution in [0.5, 0.6) is 0 Å². The van der Waals surface area contributed by atoms with Crippen molar-refractivity contribution in [1.29, 1.82) is 0 Å². The fourth-order valence-corrected chi connectivity index (χ4v) is 5.95. The third-order valence-corrected chi connectivity index (χ3v) is 8.48. The van der Waals surface area contributed by atoms with Crippen molar-refractivity contribution in [3.63, 3.8) is 0 Å². The van der Waals surface area contributed by atoms with Gasteiger partial charge in [0.15, 0.2) is 11.5 Å². The molecule has 35 heavy (non-hydrogen) atoms. The maximum absolute atomic E-state index is 13.5. The van der Waals surface area contributed by atoms with Gasteiger partial charge in [-0.2, -0.15) is 5.10 Å². The summed E-state index contributed by atoms with van der Waals surface area (Å²) in [5.41, 5.74) is 1.79. The van der Waals surface area contributed by atoms with Crippen molar-refractivity contribution < 1.29 is 18.7 Å². The molecule has 184 valence electrons. The molecule has 2 aromatic heterocycles. The summed E-state index contributed by atoms with van der Waals surface area (Å²) in [5, 5.41) is 13.5. The molecule has 6 rings (SSSR count). The maximum atomic E-state index is 13.5. The molecule has 3 fully saturated rings. The Balaban J connectivity index is 1.26. The molecule has 0 saturated heterocycles. The van der Waals surface area contributed by atoms with Gasteiger partial charge in [-0.1, -0.05) is 6.07 Å². The predicted octanol–water partition coefficient (Wildman–Crippen LogP) is 3.95. The minimum Gasteiger partial charge on any atom is -0.469 e. The van der Waals surface area contributed by atoms with Gasteiger partial charge in [0.2, 0.25) is 0 Å². The second kappa shape index (κ2) is 9.32. The summed E-state index contributed by atoms with van der Waals surface area (Å²) in [6.07, 6.45) is 6.78. The summed E-state index contributed by atoms with van der Waals surface area (Å²) in [5.74, 6) is -0.160. The van der Waals surface area contributed by atoms with Gasteiger partial charge in [0.1, 0.15) is 23.2 Å². The van der Waals surface area contributed by atoms with Gasteiger partial charge >= 0.3 is 5.97 Å². The van der Waals surface area contributed by atoms with Gasteiger partial charge < -0.3 is 15.4 Å². The number of carbonyl (C=O) groups is 2. The molecule has 1 amide bonds. The van der Waals surface area contributed by atoms with Gasteiger partial charge in [-0.05, 0) is 84.2 Å². The summed E-state index contributed by atoms with van der Waals surface area (Å²) in [6, 6.07) is 4.71. The fourth-order valence-electron chi connectivity index (χ4n) is 5.37. The van der Waals surface area contributed by atoms with Crippen molar-refractivity contribution in [2.45, 2.75) is 45.1 Å². The summed E-state index contributed by atoms with van der Waals surface area (Å²) in [4.78, 5) is 33.6. The Morgan fingerprint density at radius 1 is 1.17 bits per heavy atom. The van der Waals surface area contributed by atoms with Crippen LogP contribution in [0, 0.1) is 20.2 Å². The Hall–Kier alpha value is -2.83. The topological polar surface area (TPSA) is 122 Å². The molecule has 2 heterocycles. The van der Waals surface area contributed by atoms with Gasteiger partial charge in [-0.25, -0.2) is 14.4 Å². The summed E-state index contributed by atoms with van der Waals surface area (Å²) in [7, 11) is 1.47. The average molecular weight is 592 g/mol. The molecule has 2 bridgehead atoms. The molecule has 3 N–H and O–H groups in total. The lowest BCUT2D eigenvalue weighted by Crippen LogP contribution is -2.48. The number of halogens is 2. The molecule has 0 unspecified atom stereocenters. The highest BCUT2D eigenvalue weighted by Gasteiger charge is 2.52. The van der Waals surface area contributed by atoms with E-state index in [9.17, 15) is 14.0 Å². The van der Waals surface area contributed by atoms with Crippen LogP contribution in [-0.4, -0.2) is 45.7 Å². The molecule has 0 radical (unpaired) electrons. The highest BCUT2D eigenvalue weighted by molar-refractivity contribution is 14.1. The van der Waals surface area contributed by atoms with Gasteiger partial charge in [-0.15, -0.1) is 0 Å². The van der Waals surface area contributed by atoms with E-state index in [0.29, 0.717) is 20.4 Å². The molecule has 1 aromatic carbocycles. The number of aromatic amines is 1. The number of hydrogen-bond acceptors (Lipinski definition) is 7. The van der Waals surface area contributed by atoms with E-state index in [0.717, 1.165) is 50.6 Å². The maximum Gasteiger partial charge on any atom is 0.311 e. The van der Waals surface area contributed by atoms with Crippen molar-refractivity contribution in [3.05, 3.63) is 45.2 Å². The van der Waals surface area contributed by atoms with Crippen LogP contribution in [0.1, 0.15) is 54.6 Å². The van der Waals surface area contributed by atoms with E-state index in [1.54, 1.807) is 12.1 Å². The van der Waals surface area contributed by atoms with Crippen LogP contribution in [0.2, 0.25) is 0 Å². The lowest BCUT2D eigenvalue weighted by Gasteiger charge is -2.51. The van der Waals surface area contributed by atoms with Crippen molar-refractivity contribution in [2.75, 3.05) is 19.0 Å². The molecule has 3 saturated carbocycles. The lowest BCUT2D eigenvalue weighted by atomic mass is 9.53. The SMILES string of the molecule is COC(=O)C12CCC(CNc3n[nH]c4c(C(=O)NCc5ccc(F)c(I)c5)ncnc34)(CC1)CC2. The predicted molar refractivity (Wildman–Crippen MR) is 135 cm³/mol. The molecular formula is C24H26FIN6O3. The first-order valence-electron chi connectivity index (χ1n) is 11.6. The quantitative estimate of drug-likeness (QED) is 0.281. The number of nitrogens with zero attached hydrogens (tertiary/aromatic N) is 3. The number of benzene rings is 1. The van der Waals surface area contributed by atoms with Crippen LogP contribution in [0.15, 0.2) is 24.5 Å². The van der Waals surface area contributed by atoms with Crippen LogP contribution in [0.25, 0.3) is 11.0 Å². The Morgan fingerprint density at radius 2 is 1.91 bits per heavy atom. The lowest BCUT2D eigenvalue weighted by molar-refractivity contribution is -0.162. The first-order valence-corrected chi connectivity index (χ1v) is 12.7. The average Bonchev–Trinajstić information content (AvgIpc) is 3.32. The van der Waals surface area contributed by atoms with Crippen molar-refractivity contribution >= 4 is 51.3 Å². The molecule has 0 aliphatic heterocycles. The number of nitrogens with one attached hydrogen (secondary N) is 3. The van der Waals surface area contributed by atoms with Crippen molar-refractivity contribution in [2.24, 2.45) is 10.8 Å². The molecule has 11 heteroatoms. The Kier molecular flexibility index (Phi) is 6.36. The first-order chi connectivity index (χ1) is 16.8. The van der Waals surface area contributed by atoms with E-state index < -0.39 is 0 Å². The van der Waals surface area contributed by atoms with E-state index in [4.69, 9.17) is 4.74 Å². The van der Waals surface area contributed by atoms with Crippen LogP contribution in [0.3, 0.4) is 0 Å². The van der Waals surface area contributed by atoms with E-state index in [1.165, 1.54) is 19.5 Å². The summed E-state index contributed by atoms with van der Waals surface area (Å²) >= 11 is 1.92. The molecule has 0 spiro atoms. The van der Waals surface area contributed by atoms with E-state index in [2.05, 4.69) is 30.8 Å². The number of anilines is 1. The first kappa shape index (κ1) is 23.9. The Morgan fingerprint density at radius 3 is 2.60 bits per heavy atom. The molecule has 0 atom stereocenters. The van der Waals surface area contributed by atoms with E-state index in [1.807, 2.05) is 22.6 Å². The monoisotopic (exact) mass is 592 g/mol. The van der Waals surface area contributed by atoms with Crippen LogP contribution in [-0.2, 0) is 16.1 Å². The number of methoxy groups -OCH3 is 1. The van der Waals surface area contributed by atoms with Gasteiger partial charge in [0.05, 0.1) is 12.5 Å². The number of hydrogen-bond donors (Lipinski definition) is 3. The normalized spacial score (nSPS) is 23.3. The number of ether oxygens (including phenoxy) is 1. The number of aromatic nitrogens is 4. The highest BCUT2D eigenvalue weighted by atomic mass is 127. The zero-order valence-electron chi connectivity index (χ0n) is 19.3. The second-order valence-electron chi connectivity index (χ2n) is 9.57. The second-order valence-corrected chi connectivity index (χ2v) is 10.7. The molecule has 9 nitrogen and oxygen atoms in total. The zero-order chi connectivity index (χ0) is 24.6. The van der Waals surface area contributed by atoms with Crippen molar-refractivity contribution in [1.82, 2.24) is 25.5 Å². The largest absolute Gasteiger partial charge is 0.469 e. The minimum absolute atomic E-state index is 0.0753. The summed E-state index contributed by atoms with van der Waals surface area (Å²) in [6.45, 7) is 0.967. The standard InChI is InChI=1S/C24H26FIN6O3/c1-35-22(34)24-7-4-23(5-8-24,6-9-24)12-28-20-18-17(31-32-20)19(30-13-29-18)21(33)27-11-14-2-3-15(25)16(26)10-14/h2-3,10,13H,4-9,11-12H2,1H3,(H,27,33)(H2,28,31,32). The van der Waals surface area contributed by atoms with Gasteiger partial charge in [0, 0.05) is 16.7 Å². The van der Waals surface area contributed by atoms with E-state index >= 15 is 0 Å². The Bertz CT molecular complexity index is 1270. The third-order valence-electron chi connectivity index (χ3n) is 7.65. The number of rotatable bonds is 7. The number of amides is 1. The number of esters is 1. The van der Waals surface area contributed by atoms with Gasteiger partial charge in [-0.3, -0.25) is 14.7 Å². The smallest absolute Gasteiger partial charge is 0.311 e. The number of H-pyrrole nitrogens is 1. The molecular weight excluding hydrogens is 566 g/mol. The number of carbonyl (C=O) groups excluding carboxylic acids is 2. The van der Waals surface area contributed by atoms with Crippen LogP contribution < -0.4 is 10.6 Å². The third kappa shape index (κ3) is 4.45. The highest BCUT2D eigenvalue weighted by Crippen LogP contribution is 2.57. The minimum atomic E-state index is -0.371. The molecule has 3 aromatic rings. The fraction of sp³-hybridized carbons (Fsp3) is 0.458. The van der Waals surface area contributed by atoms with E-state index in [-0.39, 0.29) is 40.8 Å². The molecule has 3 aliphatic carbocycles. The van der Waals surface area contributed by atoms with Gasteiger partial charge in [0.25, 0.3) is 5.91 Å². The zero-order valence-corrected chi connectivity index (χ0v) is 21.4. The van der Waals surface area contributed by atoms with Crippen LogP contribution >= 0.6 is 22.6 Å². The Labute approximate surface area is 215 Å².